The number of esters is 2. The fourth-order valence-corrected chi connectivity index (χ4v) is 4.07. The highest BCUT2D eigenvalue weighted by atomic mass is 16.5. The monoisotopic (exact) mass is 576 g/mol. The highest BCUT2D eigenvalue weighted by Crippen LogP contribution is 2.24. The third kappa shape index (κ3) is 10.3. The summed E-state index contributed by atoms with van der Waals surface area (Å²) >= 11 is 0. The molecule has 222 valence electrons. The minimum Gasteiger partial charge on any atom is -0.491 e. The van der Waals surface area contributed by atoms with Crippen molar-refractivity contribution in [2.45, 2.75) is 32.1 Å². The van der Waals surface area contributed by atoms with Gasteiger partial charge in [-0.05, 0) is 85.0 Å². The number of hydrogen-bond donors (Lipinski definition) is 3. The fraction of sp³-hybridized carbons (Fsp3) is 0.281. The van der Waals surface area contributed by atoms with Crippen LogP contribution in [0, 0.1) is 0 Å². The Bertz CT molecular complexity index is 1370. The molecule has 3 rings (SSSR count). The van der Waals surface area contributed by atoms with Gasteiger partial charge < -0.3 is 35.5 Å². The van der Waals surface area contributed by atoms with E-state index in [4.69, 9.17) is 30.4 Å². The van der Waals surface area contributed by atoms with Crippen LogP contribution in [0.2, 0.25) is 0 Å². The summed E-state index contributed by atoms with van der Waals surface area (Å²) in [5.74, 6) is -0.998. The number of nitrogens with two attached hydrogens (primary N) is 2. The lowest BCUT2D eigenvalue weighted by atomic mass is 9.98. The number of ether oxygens (including phenoxy) is 4. The Morgan fingerprint density at radius 2 is 1.52 bits per heavy atom. The molecule has 0 aliphatic heterocycles. The molecule has 0 radical (unpaired) electrons. The number of carbonyl (C=O) groups is 3. The third-order valence-corrected chi connectivity index (χ3v) is 6.25. The van der Waals surface area contributed by atoms with Crippen LogP contribution < -0.4 is 20.9 Å². The number of rotatable bonds is 16. The second kappa shape index (κ2) is 16.4. The maximum atomic E-state index is 12.4. The van der Waals surface area contributed by atoms with E-state index >= 15 is 0 Å². The van der Waals surface area contributed by atoms with Crippen LogP contribution in [-0.2, 0) is 20.7 Å². The molecule has 0 spiro atoms. The van der Waals surface area contributed by atoms with Crippen LogP contribution in [0.1, 0.15) is 57.5 Å². The largest absolute Gasteiger partial charge is 0.491 e. The molecule has 0 fully saturated rings. The number of carboxylic acids is 1. The maximum Gasteiger partial charge on any atom is 0.343 e. The van der Waals surface area contributed by atoms with Crippen molar-refractivity contribution in [3.8, 4) is 11.5 Å². The van der Waals surface area contributed by atoms with E-state index in [1.54, 1.807) is 67.8 Å². The minimum absolute atomic E-state index is 0.134. The van der Waals surface area contributed by atoms with Crippen LogP contribution in [0.3, 0.4) is 0 Å². The number of aromatic carboxylic acids is 1. The lowest BCUT2D eigenvalue weighted by molar-refractivity contribution is -0.137. The van der Waals surface area contributed by atoms with Gasteiger partial charge in [-0.15, -0.1) is 0 Å². The highest BCUT2D eigenvalue weighted by molar-refractivity contribution is 5.93. The van der Waals surface area contributed by atoms with Crippen LogP contribution in [0.4, 0.5) is 11.4 Å². The second-order valence-corrected chi connectivity index (χ2v) is 9.43. The van der Waals surface area contributed by atoms with Gasteiger partial charge in [-0.25, -0.2) is 14.4 Å². The Balaban J connectivity index is 1.34. The van der Waals surface area contributed by atoms with Gasteiger partial charge in [0, 0.05) is 24.6 Å². The van der Waals surface area contributed by atoms with Crippen molar-refractivity contribution in [3.63, 3.8) is 0 Å². The number of anilines is 2. The number of methoxy groups -OCH3 is 1. The summed E-state index contributed by atoms with van der Waals surface area (Å²) in [6.07, 6.45) is 6.59. The number of benzene rings is 3. The van der Waals surface area contributed by atoms with Gasteiger partial charge in [-0.1, -0.05) is 25.0 Å². The van der Waals surface area contributed by atoms with Crippen LogP contribution >= 0.6 is 0 Å². The Hall–Kier alpha value is -4.83. The molecule has 10 nitrogen and oxygen atoms in total. The van der Waals surface area contributed by atoms with Gasteiger partial charge in [-0.3, -0.25) is 0 Å². The summed E-state index contributed by atoms with van der Waals surface area (Å²) in [7, 11) is 1.59. The number of carbonyl (C=O) groups excluding carboxylic acids is 2. The van der Waals surface area contributed by atoms with E-state index in [1.165, 1.54) is 12.1 Å². The summed E-state index contributed by atoms with van der Waals surface area (Å²) in [5, 5.41) is 9.38. The third-order valence-electron chi connectivity index (χ3n) is 6.25. The van der Waals surface area contributed by atoms with Crippen LogP contribution in [-0.4, -0.2) is 49.9 Å². The predicted octanol–water partition coefficient (Wildman–Crippen LogP) is 5.15. The van der Waals surface area contributed by atoms with E-state index in [0.717, 1.165) is 24.8 Å². The smallest absolute Gasteiger partial charge is 0.343 e. The molecule has 0 aliphatic rings. The van der Waals surface area contributed by atoms with Crippen LogP contribution in [0.5, 0.6) is 11.5 Å². The van der Waals surface area contributed by atoms with E-state index < -0.39 is 17.9 Å². The van der Waals surface area contributed by atoms with E-state index in [9.17, 15) is 19.5 Å². The molecule has 0 aliphatic carbocycles. The summed E-state index contributed by atoms with van der Waals surface area (Å²) < 4.78 is 21.1. The summed E-state index contributed by atoms with van der Waals surface area (Å²) in [6, 6.07) is 16.4. The SMILES string of the molecule is COCCOc1ccc(C(=O)Oc2ccc(/C=C/C(=O)OCCCCCCc3c(N)cc(N)cc3C(=O)O)cc2)cc1. The zero-order valence-electron chi connectivity index (χ0n) is 23.5. The zero-order valence-corrected chi connectivity index (χ0v) is 23.5. The van der Waals surface area contributed by atoms with Crippen molar-refractivity contribution in [1.29, 1.82) is 0 Å². The quantitative estimate of drug-likeness (QED) is 0.0683. The molecular formula is C32H36N2O8. The Morgan fingerprint density at radius 1 is 0.833 bits per heavy atom. The molecule has 0 atom stereocenters. The molecular weight excluding hydrogens is 540 g/mol. The van der Waals surface area contributed by atoms with Gasteiger partial charge in [-0.2, -0.15) is 0 Å². The number of hydrogen-bond acceptors (Lipinski definition) is 9. The van der Waals surface area contributed by atoms with Gasteiger partial charge in [0.15, 0.2) is 0 Å². The summed E-state index contributed by atoms with van der Waals surface area (Å²) in [5.41, 5.74) is 14.2. The first-order valence-electron chi connectivity index (χ1n) is 13.6. The van der Waals surface area contributed by atoms with Gasteiger partial charge >= 0.3 is 17.9 Å². The molecule has 5 N–H and O–H groups in total. The second-order valence-electron chi connectivity index (χ2n) is 9.43. The van der Waals surface area contributed by atoms with Gasteiger partial charge in [0.05, 0.1) is 24.3 Å². The maximum absolute atomic E-state index is 12.4. The van der Waals surface area contributed by atoms with Crippen LogP contribution in [0.25, 0.3) is 6.08 Å². The van der Waals surface area contributed by atoms with Crippen molar-refractivity contribution in [1.82, 2.24) is 0 Å². The zero-order chi connectivity index (χ0) is 30.3. The molecule has 0 saturated heterocycles. The molecule has 10 heteroatoms. The van der Waals surface area contributed by atoms with Gasteiger partial charge in [0.1, 0.15) is 18.1 Å². The first-order chi connectivity index (χ1) is 20.3. The average Bonchev–Trinajstić information content (AvgIpc) is 2.97. The normalized spacial score (nSPS) is 10.9. The lowest BCUT2D eigenvalue weighted by Gasteiger charge is -2.11. The molecule has 42 heavy (non-hydrogen) atoms. The van der Waals surface area contributed by atoms with E-state index in [0.29, 0.717) is 60.1 Å². The molecule has 0 heterocycles. The van der Waals surface area contributed by atoms with Gasteiger partial charge in [0.2, 0.25) is 0 Å². The molecule has 0 unspecified atom stereocenters. The number of nitrogen functional groups attached to an aromatic ring is 2. The summed E-state index contributed by atoms with van der Waals surface area (Å²) in [4.78, 5) is 35.9. The number of carboxylic acid groups (broad SMARTS) is 1. The molecule has 3 aromatic carbocycles. The topological polar surface area (TPSA) is 160 Å². The molecule has 0 amide bonds. The van der Waals surface area contributed by atoms with Crippen LogP contribution in [0.15, 0.2) is 66.7 Å². The minimum atomic E-state index is -1.05. The lowest BCUT2D eigenvalue weighted by Crippen LogP contribution is -2.09. The van der Waals surface area contributed by atoms with Crippen molar-refractivity contribution in [2.24, 2.45) is 0 Å². The first kappa shape index (κ1) is 31.7. The predicted molar refractivity (Wildman–Crippen MR) is 160 cm³/mol. The van der Waals surface area contributed by atoms with Crippen molar-refractivity contribution in [2.75, 3.05) is 38.4 Å². The van der Waals surface area contributed by atoms with E-state index in [2.05, 4.69) is 0 Å². The summed E-state index contributed by atoms with van der Waals surface area (Å²) in [6.45, 7) is 1.17. The molecule has 0 bridgehead atoms. The molecule has 0 saturated carbocycles. The van der Waals surface area contributed by atoms with E-state index in [1.807, 2.05) is 0 Å². The fourth-order valence-electron chi connectivity index (χ4n) is 4.07. The average molecular weight is 577 g/mol. The van der Waals surface area contributed by atoms with Crippen molar-refractivity contribution >= 4 is 35.4 Å². The van der Waals surface area contributed by atoms with Crippen molar-refractivity contribution in [3.05, 3.63) is 89.0 Å². The highest BCUT2D eigenvalue weighted by Gasteiger charge is 2.14. The van der Waals surface area contributed by atoms with Gasteiger partial charge in [0.25, 0.3) is 0 Å². The first-order valence-corrected chi connectivity index (χ1v) is 13.6. The molecule has 0 aromatic heterocycles. The number of unbranched alkanes of at least 4 members (excludes halogenated alkanes) is 3. The Labute approximate surface area is 244 Å². The van der Waals surface area contributed by atoms with Crippen molar-refractivity contribution < 1.29 is 38.4 Å². The Kier molecular flexibility index (Phi) is 12.4. The molecule has 3 aromatic rings. The van der Waals surface area contributed by atoms with E-state index in [-0.39, 0.29) is 12.2 Å². The Morgan fingerprint density at radius 3 is 2.21 bits per heavy atom. The standard InChI is InChI=1S/C32H36N2O8/c1-39-18-19-40-25-14-10-23(11-15-25)32(38)42-26-12-7-22(8-13-26)9-16-30(35)41-17-5-3-2-4-6-27-28(31(36)37)20-24(33)21-29(27)34/h7-16,20-21H,2-6,17-19,33-34H2,1H3,(H,36,37)/b16-9+.